The van der Waals surface area contributed by atoms with Crippen molar-refractivity contribution >= 4 is 11.6 Å². The van der Waals surface area contributed by atoms with Crippen molar-refractivity contribution in [1.82, 2.24) is 5.32 Å². The number of nitro benzene ring substituents is 1. The number of hydrogen-bond donors (Lipinski definition) is 2. The van der Waals surface area contributed by atoms with E-state index < -0.39 is 39.8 Å². The van der Waals surface area contributed by atoms with E-state index in [4.69, 9.17) is 5.11 Å². The molecule has 0 heterocycles. The highest BCUT2D eigenvalue weighted by atomic mass is 19.1. The first kappa shape index (κ1) is 16.0. The third-order valence-corrected chi connectivity index (χ3v) is 2.78. The zero-order valence-electron chi connectivity index (χ0n) is 10.7. The van der Waals surface area contributed by atoms with Crippen LogP contribution in [-0.2, 0) is 0 Å². The summed E-state index contributed by atoms with van der Waals surface area (Å²) >= 11 is 0. The van der Waals surface area contributed by atoms with Crippen LogP contribution in [0.4, 0.5) is 14.5 Å². The summed E-state index contributed by atoms with van der Waals surface area (Å²) in [5.41, 5.74) is -1.57. The third kappa shape index (κ3) is 3.70. The maximum Gasteiger partial charge on any atom is 0.305 e. The maximum absolute atomic E-state index is 13.5. The van der Waals surface area contributed by atoms with Crippen molar-refractivity contribution in [2.75, 3.05) is 6.61 Å². The molecular formula is C12H14F2N2O4. The Kier molecular flexibility index (Phi) is 5.51. The zero-order valence-corrected chi connectivity index (χ0v) is 10.7. The number of rotatable bonds is 6. The number of nitro groups is 1. The molecule has 20 heavy (non-hydrogen) atoms. The second-order valence-corrected chi connectivity index (χ2v) is 4.13. The molecule has 0 fully saturated rings. The smallest absolute Gasteiger partial charge is 0.305 e. The third-order valence-electron chi connectivity index (χ3n) is 2.78. The van der Waals surface area contributed by atoms with Crippen molar-refractivity contribution in [2.45, 2.75) is 25.8 Å². The van der Waals surface area contributed by atoms with Gasteiger partial charge in [0.25, 0.3) is 5.91 Å². The fraction of sp³-hybridized carbons (Fsp3) is 0.417. The Labute approximate surface area is 113 Å². The quantitative estimate of drug-likeness (QED) is 0.616. The van der Waals surface area contributed by atoms with Gasteiger partial charge in [-0.3, -0.25) is 14.9 Å². The summed E-state index contributed by atoms with van der Waals surface area (Å²) in [5.74, 6) is -3.40. The van der Waals surface area contributed by atoms with Crippen LogP contribution in [-0.4, -0.2) is 28.6 Å². The number of halogens is 2. The number of carbonyl (C=O) groups excluding carboxylic acids is 1. The molecule has 0 aliphatic rings. The van der Waals surface area contributed by atoms with Crippen LogP contribution in [0.5, 0.6) is 0 Å². The Morgan fingerprint density at radius 3 is 2.60 bits per heavy atom. The predicted octanol–water partition coefficient (Wildman–Crippen LogP) is 1.76. The van der Waals surface area contributed by atoms with Gasteiger partial charge in [0.1, 0.15) is 5.82 Å². The van der Waals surface area contributed by atoms with Crippen molar-refractivity contribution in [1.29, 1.82) is 0 Å². The summed E-state index contributed by atoms with van der Waals surface area (Å²) < 4.78 is 26.7. The number of carbonyl (C=O) groups is 1. The summed E-state index contributed by atoms with van der Waals surface area (Å²) in [5, 5.41) is 21.8. The summed E-state index contributed by atoms with van der Waals surface area (Å²) in [4.78, 5) is 21.4. The number of nitrogens with one attached hydrogen (secondary N) is 1. The van der Waals surface area contributed by atoms with E-state index in [9.17, 15) is 23.7 Å². The first-order valence-corrected chi connectivity index (χ1v) is 5.95. The average molecular weight is 288 g/mol. The lowest BCUT2D eigenvalue weighted by Crippen LogP contribution is -2.35. The molecule has 110 valence electrons. The van der Waals surface area contributed by atoms with Gasteiger partial charge in [-0.25, -0.2) is 4.39 Å². The van der Waals surface area contributed by atoms with Gasteiger partial charge in [-0.15, -0.1) is 0 Å². The number of nitrogens with zero attached hydrogens (tertiary/aromatic N) is 1. The van der Waals surface area contributed by atoms with Gasteiger partial charge >= 0.3 is 5.69 Å². The van der Waals surface area contributed by atoms with Gasteiger partial charge in [0.15, 0.2) is 0 Å². The summed E-state index contributed by atoms with van der Waals surface area (Å²) in [6.45, 7) is 1.59. The molecule has 0 saturated carbocycles. The molecule has 6 nitrogen and oxygen atoms in total. The van der Waals surface area contributed by atoms with Crippen molar-refractivity contribution < 1.29 is 23.6 Å². The lowest BCUT2D eigenvalue weighted by molar-refractivity contribution is -0.387. The second kappa shape index (κ2) is 6.90. The zero-order chi connectivity index (χ0) is 15.3. The minimum Gasteiger partial charge on any atom is -0.396 e. The molecule has 0 aromatic heterocycles. The predicted molar refractivity (Wildman–Crippen MR) is 66.3 cm³/mol. The highest BCUT2D eigenvalue weighted by Crippen LogP contribution is 2.21. The lowest BCUT2D eigenvalue weighted by atomic mass is 10.1. The second-order valence-electron chi connectivity index (χ2n) is 4.13. The van der Waals surface area contributed by atoms with E-state index in [1.54, 1.807) is 6.92 Å². The molecule has 0 bridgehead atoms. The molecule has 8 heteroatoms. The highest BCUT2D eigenvalue weighted by molar-refractivity contribution is 5.95. The molecule has 0 aliphatic carbocycles. The summed E-state index contributed by atoms with van der Waals surface area (Å²) in [6, 6.07) is 0.474. The number of aliphatic hydroxyl groups is 1. The van der Waals surface area contributed by atoms with Gasteiger partial charge in [0, 0.05) is 24.8 Å². The van der Waals surface area contributed by atoms with Gasteiger partial charge in [0.05, 0.1) is 10.5 Å². The molecule has 1 unspecified atom stereocenters. The van der Waals surface area contributed by atoms with Crippen LogP contribution >= 0.6 is 0 Å². The average Bonchev–Trinajstić information content (AvgIpc) is 2.37. The Hall–Kier alpha value is -2.09. The molecule has 0 spiro atoms. The van der Waals surface area contributed by atoms with Gasteiger partial charge in [-0.2, -0.15) is 4.39 Å². The Morgan fingerprint density at radius 2 is 2.10 bits per heavy atom. The number of hydrogen-bond acceptors (Lipinski definition) is 4. The summed E-state index contributed by atoms with van der Waals surface area (Å²) in [6.07, 6.45) is 0.768. The molecule has 1 aromatic carbocycles. The van der Waals surface area contributed by atoms with Crippen LogP contribution in [0.25, 0.3) is 0 Å². The van der Waals surface area contributed by atoms with E-state index in [0.717, 1.165) is 0 Å². The van der Waals surface area contributed by atoms with Gasteiger partial charge in [-0.1, -0.05) is 6.92 Å². The van der Waals surface area contributed by atoms with Crippen molar-refractivity contribution in [3.8, 4) is 0 Å². The van der Waals surface area contributed by atoms with Crippen molar-refractivity contribution in [3.63, 3.8) is 0 Å². The van der Waals surface area contributed by atoms with E-state index in [0.29, 0.717) is 18.6 Å². The Morgan fingerprint density at radius 1 is 1.45 bits per heavy atom. The van der Waals surface area contributed by atoms with Crippen molar-refractivity contribution in [3.05, 3.63) is 39.4 Å². The molecular weight excluding hydrogens is 274 g/mol. The van der Waals surface area contributed by atoms with Crippen LogP contribution in [0.1, 0.15) is 30.1 Å². The Balaban J connectivity index is 3.03. The van der Waals surface area contributed by atoms with Crippen LogP contribution in [0, 0.1) is 21.7 Å². The van der Waals surface area contributed by atoms with Crippen LogP contribution in [0.2, 0.25) is 0 Å². The first-order chi connectivity index (χ1) is 9.40. The van der Waals surface area contributed by atoms with E-state index >= 15 is 0 Å². The SMILES string of the molecule is CCC(CCO)NC(=O)c1cc([N+](=O)[O-])c(F)cc1F. The van der Waals surface area contributed by atoms with E-state index in [1.165, 1.54) is 0 Å². The first-order valence-electron chi connectivity index (χ1n) is 5.95. The van der Waals surface area contributed by atoms with E-state index in [-0.39, 0.29) is 13.0 Å². The number of amides is 1. The number of benzene rings is 1. The monoisotopic (exact) mass is 288 g/mol. The molecule has 2 N–H and O–H groups in total. The largest absolute Gasteiger partial charge is 0.396 e. The van der Waals surface area contributed by atoms with E-state index in [1.807, 2.05) is 0 Å². The molecule has 1 atom stereocenters. The molecule has 0 aliphatic heterocycles. The molecule has 1 rings (SSSR count). The molecule has 1 aromatic rings. The van der Waals surface area contributed by atoms with Crippen LogP contribution in [0.15, 0.2) is 12.1 Å². The fourth-order valence-corrected chi connectivity index (χ4v) is 1.65. The normalized spacial score (nSPS) is 12.0. The molecule has 0 radical (unpaired) electrons. The standard InChI is InChI=1S/C12H14F2N2O4/c1-2-7(3-4-17)15-12(18)8-5-11(16(19)20)10(14)6-9(8)13/h5-7,17H,2-4H2,1H3,(H,15,18). The van der Waals surface area contributed by atoms with Crippen LogP contribution in [0.3, 0.4) is 0 Å². The maximum atomic E-state index is 13.5. The highest BCUT2D eigenvalue weighted by Gasteiger charge is 2.23. The topological polar surface area (TPSA) is 92.5 Å². The molecule has 1 amide bonds. The molecule has 0 saturated heterocycles. The lowest BCUT2D eigenvalue weighted by Gasteiger charge is -2.15. The number of aliphatic hydroxyl groups excluding tert-OH is 1. The van der Waals surface area contributed by atoms with Crippen LogP contribution < -0.4 is 5.32 Å². The minimum absolute atomic E-state index is 0.162. The minimum atomic E-state index is -1.34. The van der Waals surface area contributed by atoms with Gasteiger partial charge in [0.2, 0.25) is 5.82 Å². The van der Waals surface area contributed by atoms with E-state index in [2.05, 4.69) is 5.32 Å². The van der Waals surface area contributed by atoms with Crippen molar-refractivity contribution in [2.24, 2.45) is 0 Å². The Bertz CT molecular complexity index is 522. The fourth-order valence-electron chi connectivity index (χ4n) is 1.65. The van der Waals surface area contributed by atoms with Gasteiger partial charge in [-0.05, 0) is 12.8 Å². The van der Waals surface area contributed by atoms with Gasteiger partial charge < -0.3 is 10.4 Å². The summed E-state index contributed by atoms with van der Waals surface area (Å²) in [7, 11) is 0.